The molecule has 0 saturated heterocycles. The molecule has 1 heterocycles. The highest BCUT2D eigenvalue weighted by Gasteiger charge is 2.04. The van der Waals surface area contributed by atoms with Crippen LogP contribution >= 0.6 is 0 Å². The van der Waals surface area contributed by atoms with Gasteiger partial charge in [0.2, 0.25) is 0 Å². The molecule has 0 spiro atoms. The number of aromatic nitrogens is 1. The average Bonchev–Trinajstić information content (AvgIpc) is 2.29. The monoisotopic (exact) mass is 206 g/mol. The van der Waals surface area contributed by atoms with Gasteiger partial charge in [0.05, 0.1) is 6.61 Å². The zero-order chi connectivity index (χ0) is 11.1. The largest absolute Gasteiger partial charge is 0.392 e. The van der Waals surface area contributed by atoms with E-state index >= 15 is 0 Å². The molecule has 0 aliphatic carbocycles. The van der Waals surface area contributed by atoms with E-state index in [1.165, 1.54) is 0 Å². The molecule has 1 N–H and O–H groups in total. The van der Waals surface area contributed by atoms with E-state index in [2.05, 4.69) is 23.4 Å². The summed E-state index contributed by atoms with van der Waals surface area (Å²) in [5.74, 6) is 0.939. The van der Waals surface area contributed by atoms with Crippen LogP contribution in [-0.2, 0) is 6.61 Å². The smallest absolute Gasteiger partial charge is 0.128 e. The van der Waals surface area contributed by atoms with Crippen LogP contribution in [0.5, 0.6) is 0 Å². The molecule has 1 aromatic heterocycles. The van der Waals surface area contributed by atoms with Crippen LogP contribution in [0, 0.1) is 0 Å². The van der Waals surface area contributed by atoms with Crippen molar-refractivity contribution in [1.29, 1.82) is 0 Å². The van der Waals surface area contributed by atoms with Gasteiger partial charge < -0.3 is 10.0 Å². The maximum atomic E-state index is 8.90. The van der Waals surface area contributed by atoms with Gasteiger partial charge >= 0.3 is 0 Å². The first-order valence-electron chi connectivity index (χ1n) is 5.23. The van der Waals surface area contributed by atoms with Crippen molar-refractivity contribution in [2.24, 2.45) is 0 Å². The van der Waals surface area contributed by atoms with E-state index in [1.807, 2.05) is 18.2 Å². The molecule has 82 valence electrons. The number of aliphatic hydroxyl groups is 1. The molecule has 0 aliphatic rings. The number of hydrogen-bond acceptors (Lipinski definition) is 3. The molecule has 15 heavy (non-hydrogen) atoms. The molecule has 0 amide bonds. The number of anilines is 1. The van der Waals surface area contributed by atoms with Gasteiger partial charge in [0.1, 0.15) is 5.82 Å². The van der Waals surface area contributed by atoms with E-state index in [9.17, 15) is 0 Å². The summed E-state index contributed by atoms with van der Waals surface area (Å²) in [5.41, 5.74) is 0.841. The van der Waals surface area contributed by atoms with E-state index in [1.54, 1.807) is 6.20 Å². The second kappa shape index (κ2) is 6.19. The van der Waals surface area contributed by atoms with E-state index in [0.717, 1.165) is 30.9 Å². The fraction of sp³-hybridized carbons (Fsp3) is 0.417. The molecule has 0 atom stereocenters. The summed E-state index contributed by atoms with van der Waals surface area (Å²) in [6.45, 7) is 7.69. The molecule has 0 aliphatic heterocycles. The summed E-state index contributed by atoms with van der Waals surface area (Å²) in [5, 5.41) is 8.90. The number of nitrogens with zero attached hydrogens (tertiary/aromatic N) is 2. The van der Waals surface area contributed by atoms with Crippen molar-refractivity contribution in [3.8, 4) is 0 Å². The number of pyridine rings is 1. The van der Waals surface area contributed by atoms with Crippen LogP contribution in [0.25, 0.3) is 0 Å². The Morgan fingerprint density at radius 1 is 1.53 bits per heavy atom. The molecule has 1 rings (SSSR count). The van der Waals surface area contributed by atoms with E-state index in [4.69, 9.17) is 5.11 Å². The highest BCUT2D eigenvalue weighted by Crippen LogP contribution is 2.11. The van der Waals surface area contributed by atoms with E-state index < -0.39 is 0 Å². The lowest BCUT2D eigenvalue weighted by Gasteiger charge is -2.21. The quantitative estimate of drug-likeness (QED) is 0.723. The Hall–Kier alpha value is -1.35. The Kier molecular flexibility index (Phi) is 4.84. The minimum Gasteiger partial charge on any atom is -0.392 e. The maximum Gasteiger partial charge on any atom is 0.128 e. The van der Waals surface area contributed by atoms with Gasteiger partial charge in [-0.15, -0.1) is 6.58 Å². The number of aliphatic hydroxyl groups excluding tert-OH is 1. The first-order valence-corrected chi connectivity index (χ1v) is 5.23. The Balaban J connectivity index is 2.76. The second-order valence-corrected chi connectivity index (χ2v) is 3.42. The molecule has 0 radical (unpaired) electrons. The van der Waals surface area contributed by atoms with Gasteiger partial charge in [0.25, 0.3) is 0 Å². The fourth-order valence-corrected chi connectivity index (χ4v) is 1.42. The van der Waals surface area contributed by atoms with Gasteiger partial charge in [0.15, 0.2) is 0 Å². The van der Waals surface area contributed by atoms with Crippen molar-refractivity contribution in [2.45, 2.75) is 20.0 Å². The van der Waals surface area contributed by atoms with Gasteiger partial charge in [-0.25, -0.2) is 4.98 Å². The lowest BCUT2D eigenvalue weighted by atomic mass is 10.3. The first kappa shape index (κ1) is 11.7. The normalized spacial score (nSPS) is 10.0. The molecule has 3 heteroatoms. The molecule has 0 unspecified atom stereocenters. The molecule has 0 bridgehead atoms. The summed E-state index contributed by atoms with van der Waals surface area (Å²) < 4.78 is 0. The van der Waals surface area contributed by atoms with Gasteiger partial charge in [-0.3, -0.25) is 0 Å². The SMILES string of the molecule is C=CCN(CCC)c1ccc(CO)cn1. The highest BCUT2D eigenvalue weighted by atomic mass is 16.3. The van der Waals surface area contributed by atoms with Crippen LogP contribution in [0.15, 0.2) is 31.0 Å². The maximum absolute atomic E-state index is 8.90. The van der Waals surface area contributed by atoms with Crippen LogP contribution < -0.4 is 4.90 Å². The summed E-state index contributed by atoms with van der Waals surface area (Å²) in [6.07, 6.45) is 4.66. The van der Waals surface area contributed by atoms with Crippen LogP contribution in [0.2, 0.25) is 0 Å². The van der Waals surface area contributed by atoms with Crippen molar-refractivity contribution in [1.82, 2.24) is 4.98 Å². The van der Waals surface area contributed by atoms with E-state index in [-0.39, 0.29) is 6.61 Å². The molecular formula is C12H18N2O. The van der Waals surface area contributed by atoms with Crippen LogP contribution in [0.3, 0.4) is 0 Å². The topological polar surface area (TPSA) is 36.4 Å². The molecule has 3 nitrogen and oxygen atoms in total. The number of rotatable bonds is 6. The van der Waals surface area contributed by atoms with Gasteiger partial charge in [-0.2, -0.15) is 0 Å². The Morgan fingerprint density at radius 2 is 2.33 bits per heavy atom. The van der Waals surface area contributed by atoms with Crippen molar-refractivity contribution in [3.63, 3.8) is 0 Å². The lowest BCUT2D eigenvalue weighted by molar-refractivity contribution is 0.281. The summed E-state index contributed by atoms with van der Waals surface area (Å²) in [6, 6.07) is 3.83. The standard InChI is InChI=1S/C12H18N2O/c1-3-7-14(8-4-2)12-6-5-11(10-15)9-13-12/h3,5-6,9,15H,1,4,7-8,10H2,2H3. The van der Waals surface area contributed by atoms with Crippen molar-refractivity contribution < 1.29 is 5.11 Å². The second-order valence-electron chi connectivity index (χ2n) is 3.42. The van der Waals surface area contributed by atoms with Gasteiger partial charge in [-0.1, -0.05) is 19.1 Å². The predicted octanol–water partition coefficient (Wildman–Crippen LogP) is 1.98. The number of hydrogen-bond donors (Lipinski definition) is 1. The highest BCUT2D eigenvalue weighted by molar-refractivity contribution is 5.39. The molecular weight excluding hydrogens is 188 g/mol. The average molecular weight is 206 g/mol. The van der Waals surface area contributed by atoms with Gasteiger partial charge in [0, 0.05) is 19.3 Å². The first-order chi connectivity index (χ1) is 7.31. The zero-order valence-electron chi connectivity index (χ0n) is 9.19. The third-order valence-corrected chi connectivity index (χ3v) is 2.16. The minimum atomic E-state index is 0.0442. The fourth-order valence-electron chi connectivity index (χ4n) is 1.42. The Morgan fingerprint density at radius 3 is 2.80 bits per heavy atom. The summed E-state index contributed by atoms with van der Waals surface area (Å²) >= 11 is 0. The van der Waals surface area contributed by atoms with Crippen molar-refractivity contribution in [2.75, 3.05) is 18.0 Å². The van der Waals surface area contributed by atoms with Crippen molar-refractivity contribution in [3.05, 3.63) is 36.5 Å². The third kappa shape index (κ3) is 3.36. The predicted molar refractivity (Wildman–Crippen MR) is 62.9 cm³/mol. The summed E-state index contributed by atoms with van der Waals surface area (Å²) in [4.78, 5) is 6.47. The Bertz CT molecular complexity index is 295. The van der Waals surface area contributed by atoms with E-state index in [0.29, 0.717) is 0 Å². The third-order valence-electron chi connectivity index (χ3n) is 2.16. The minimum absolute atomic E-state index is 0.0442. The van der Waals surface area contributed by atoms with Crippen LogP contribution in [0.4, 0.5) is 5.82 Å². The molecule has 0 saturated carbocycles. The molecule has 1 aromatic rings. The lowest BCUT2D eigenvalue weighted by Crippen LogP contribution is -2.24. The zero-order valence-corrected chi connectivity index (χ0v) is 9.19. The van der Waals surface area contributed by atoms with Gasteiger partial charge in [-0.05, 0) is 18.1 Å². The molecule has 0 fully saturated rings. The Labute approximate surface area is 91.1 Å². The van der Waals surface area contributed by atoms with Crippen molar-refractivity contribution >= 4 is 5.82 Å². The van der Waals surface area contributed by atoms with Crippen LogP contribution in [-0.4, -0.2) is 23.2 Å². The summed E-state index contributed by atoms with van der Waals surface area (Å²) in [7, 11) is 0. The molecule has 0 aromatic carbocycles. The van der Waals surface area contributed by atoms with Crippen LogP contribution in [0.1, 0.15) is 18.9 Å².